The summed E-state index contributed by atoms with van der Waals surface area (Å²) in [6.07, 6.45) is 5.27. The summed E-state index contributed by atoms with van der Waals surface area (Å²) in [5, 5.41) is 14.0. The molecule has 0 aromatic heterocycles. The lowest BCUT2D eigenvalue weighted by molar-refractivity contribution is 0.0697. The number of benzene rings is 1. The Balaban J connectivity index is 2.25. The van der Waals surface area contributed by atoms with E-state index in [1.165, 1.54) is 5.57 Å². The van der Waals surface area contributed by atoms with Crippen LogP contribution in [-0.4, -0.2) is 30.0 Å². The number of ether oxygens (including phenoxy) is 1. The van der Waals surface area contributed by atoms with Crippen molar-refractivity contribution in [3.05, 3.63) is 52.8 Å². The summed E-state index contributed by atoms with van der Waals surface area (Å²) in [5.74, 6) is -0.0559. The Hall–Kier alpha value is -2.56. The van der Waals surface area contributed by atoms with Gasteiger partial charge in [-0.05, 0) is 60.8 Å². The fourth-order valence-corrected chi connectivity index (χ4v) is 4.66. The predicted molar refractivity (Wildman–Crippen MR) is 124 cm³/mol. The molecule has 0 saturated heterocycles. The van der Waals surface area contributed by atoms with Crippen LogP contribution >= 0.6 is 0 Å². The highest BCUT2D eigenvalue weighted by Gasteiger charge is 2.49. The molecule has 1 saturated carbocycles. The van der Waals surface area contributed by atoms with E-state index in [-0.39, 0.29) is 22.3 Å². The van der Waals surface area contributed by atoms with Gasteiger partial charge < -0.3 is 14.7 Å². The first-order valence-electron chi connectivity index (χ1n) is 11.3. The lowest BCUT2D eigenvalue weighted by atomic mass is 9.54. The number of oxime groups is 1. The van der Waals surface area contributed by atoms with E-state index in [2.05, 4.69) is 45.9 Å². The van der Waals surface area contributed by atoms with E-state index >= 15 is 0 Å². The molecule has 168 valence electrons. The lowest BCUT2D eigenvalue weighted by Gasteiger charge is -2.50. The van der Waals surface area contributed by atoms with E-state index in [1.807, 2.05) is 19.1 Å². The summed E-state index contributed by atoms with van der Waals surface area (Å²) in [6.45, 7) is 14.3. The number of carboxylic acid groups (broad SMARTS) is 1. The third-order valence-electron chi connectivity index (χ3n) is 6.51. The topological polar surface area (TPSA) is 68.1 Å². The average Bonchev–Trinajstić information content (AvgIpc) is 2.71. The van der Waals surface area contributed by atoms with Crippen LogP contribution < -0.4 is 0 Å². The highest BCUT2D eigenvalue weighted by atomic mass is 16.6. The van der Waals surface area contributed by atoms with E-state index < -0.39 is 5.97 Å². The number of carbonyl (C=O) groups is 1. The van der Waals surface area contributed by atoms with Crippen molar-refractivity contribution in [1.29, 1.82) is 0 Å². The third kappa shape index (κ3) is 4.56. The maximum absolute atomic E-state index is 11.3. The molecule has 0 bridgehead atoms. The summed E-state index contributed by atoms with van der Waals surface area (Å²) in [5.41, 5.74) is 4.31. The van der Waals surface area contributed by atoms with Crippen LogP contribution in [0.25, 0.3) is 5.57 Å². The third-order valence-corrected chi connectivity index (χ3v) is 6.51. The number of rotatable bonds is 7. The van der Waals surface area contributed by atoms with Crippen molar-refractivity contribution in [2.45, 2.75) is 60.8 Å². The van der Waals surface area contributed by atoms with Crippen molar-refractivity contribution >= 4 is 17.3 Å². The van der Waals surface area contributed by atoms with Crippen LogP contribution in [0.3, 0.4) is 0 Å². The van der Waals surface area contributed by atoms with Crippen molar-refractivity contribution in [1.82, 2.24) is 0 Å². The predicted octanol–water partition coefficient (Wildman–Crippen LogP) is 6.32. The number of hydrogen-bond donors (Lipinski definition) is 1. The number of nitrogens with zero attached hydrogens (tertiary/aromatic N) is 1. The highest BCUT2D eigenvalue weighted by Crippen LogP contribution is 2.56. The Morgan fingerprint density at radius 2 is 1.81 bits per heavy atom. The smallest absolute Gasteiger partial charge is 0.335 e. The van der Waals surface area contributed by atoms with Crippen LogP contribution in [0.5, 0.6) is 0 Å². The van der Waals surface area contributed by atoms with E-state index in [4.69, 9.17) is 9.57 Å². The molecule has 3 rings (SSSR count). The van der Waals surface area contributed by atoms with Crippen LogP contribution in [0.2, 0.25) is 0 Å². The van der Waals surface area contributed by atoms with E-state index in [1.54, 1.807) is 12.1 Å². The number of aromatic carboxylic acids is 1. The molecule has 0 amide bonds. The zero-order valence-electron chi connectivity index (χ0n) is 19.6. The van der Waals surface area contributed by atoms with Gasteiger partial charge >= 0.3 is 5.97 Å². The largest absolute Gasteiger partial charge is 0.493 e. The van der Waals surface area contributed by atoms with Gasteiger partial charge in [-0.15, -0.1) is 0 Å². The Kier molecular flexibility index (Phi) is 6.63. The summed E-state index contributed by atoms with van der Waals surface area (Å²) in [7, 11) is 0. The molecule has 1 fully saturated rings. The van der Waals surface area contributed by atoms with Gasteiger partial charge in [0.15, 0.2) is 0 Å². The summed E-state index contributed by atoms with van der Waals surface area (Å²) >= 11 is 0. The average molecular weight is 426 g/mol. The number of hydrogen-bond acceptors (Lipinski definition) is 4. The molecule has 2 aliphatic rings. The Morgan fingerprint density at radius 1 is 1.13 bits per heavy atom. The molecule has 0 spiro atoms. The van der Waals surface area contributed by atoms with Crippen LogP contribution in [0.4, 0.5) is 0 Å². The number of allylic oxidation sites excluding steroid dienone is 3. The standard InChI is InChI=1S/C26H35NO4/c1-7-15-31-27-23-21(17-9-11-18(12-10-17)24(28)29)20(30-8-2)16-19-22(23)26(5,6)14-13-25(19,3)4/h9-12,16,22H,7-8,13-15H2,1-6H3,(H,28,29). The molecule has 1 unspecified atom stereocenters. The fourth-order valence-electron chi connectivity index (χ4n) is 4.66. The van der Waals surface area contributed by atoms with Crippen molar-refractivity contribution in [2.24, 2.45) is 21.9 Å². The van der Waals surface area contributed by atoms with Crippen molar-refractivity contribution in [3.8, 4) is 0 Å². The minimum Gasteiger partial charge on any atom is -0.493 e. The molecule has 1 N–H and O–H groups in total. The maximum atomic E-state index is 11.3. The summed E-state index contributed by atoms with van der Waals surface area (Å²) < 4.78 is 6.13. The minimum atomic E-state index is -0.938. The molecule has 1 aromatic rings. The van der Waals surface area contributed by atoms with Gasteiger partial charge in [-0.2, -0.15) is 0 Å². The molecule has 0 heterocycles. The second kappa shape index (κ2) is 8.89. The Bertz CT molecular complexity index is 919. The van der Waals surface area contributed by atoms with Gasteiger partial charge in [-0.25, -0.2) is 4.79 Å². The van der Waals surface area contributed by atoms with Gasteiger partial charge in [0.25, 0.3) is 0 Å². The fraction of sp³-hybridized carbons (Fsp3) is 0.538. The Labute approximate surface area is 185 Å². The molecule has 31 heavy (non-hydrogen) atoms. The second-order valence-electron chi connectivity index (χ2n) is 9.77. The number of carboxylic acids is 1. The van der Waals surface area contributed by atoms with Gasteiger partial charge in [0.2, 0.25) is 0 Å². The van der Waals surface area contributed by atoms with Crippen molar-refractivity contribution in [2.75, 3.05) is 13.2 Å². The summed E-state index contributed by atoms with van der Waals surface area (Å²) in [4.78, 5) is 17.1. The van der Waals surface area contributed by atoms with E-state index in [9.17, 15) is 9.90 Å². The first-order valence-corrected chi connectivity index (χ1v) is 11.3. The SMILES string of the molecule is CCCON=C1C(c2ccc(C(=O)O)cc2)=C(OCC)C=C2C1C(C)(C)CCC2(C)C. The quantitative estimate of drug-likeness (QED) is 0.410. The lowest BCUT2D eigenvalue weighted by Crippen LogP contribution is -2.44. The minimum absolute atomic E-state index is 0.0137. The monoisotopic (exact) mass is 425 g/mol. The van der Waals surface area contributed by atoms with Crippen LogP contribution in [0.1, 0.15) is 76.7 Å². The van der Waals surface area contributed by atoms with Crippen molar-refractivity contribution < 1.29 is 19.5 Å². The summed E-state index contributed by atoms with van der Waals surface area (Å²) in [6, 6.07) is 6.95. The first-order chi connectivity index (χ1) is 14.6. The molecule has 5 heteroatoms. The van der Waals surface area contributed by atoms with Gasteiger partial charge in [0.1, 0.15) is 12.4 Å². The van der Waals surface area contributed by atoms with Crippen LogP contribution in [0, 0.1) is 16.7 Å². The molecule has 0 aliphatic heterocycles. The van der Waals surface area contributed by atoms with Crippen LogP contribution in [-0.2, 0) is 9.57 Å². The molecular formula is C26H35NO4. The van der Waals surface area contributed by atoms with Gasteiger partial charge in [-0.1, -0.05) is 57.5 Å². The van der Waals surface area contributed by atoms with Gasteiger partial charge in [0, 0.05) is 11.5 Å². The first kappa shape index (κ1) is 23.1. The normalized spacial score (nSPS) is 23.2. The number of fused-ring (bicyclic) bond motifs is 1. The Morgan fingerprint density at radius 3 is 2.39 bits per heavy atom. The highest BCUT2D eigenvalue weighted by molar-refractivity contribution is 6.27. The molecule has 1 atom stereocenters. The molecule has 0 radical (unpaired) electrons. The van der Waals surface area contributed by atoms with Crippen molar-refractivity contribution in [3.63, 3.8) is 0 Å². The van der Waals surface area contributed by atoms with Gasteiger partial charge in [0.05, 0.1) is 17.9 Å². The second-order valence-corrected chi connectivity index (χ2v) is 9.77. The van der Waals surface area contributed by atoms with Gasteiger partial charge in [-0.3, -0.25) is 0 Å². The van der Waals surface area contributed by atoms with Crippen LogP contribution in [0.15, 0.2) is 46.8 Å². The zero-order valence-corrected chi connectivity index (χ0v) is 19.6. The maximum Gasteiger partial charge on any atom is 0.335 e. The van der Waals surface area contributed by atoms with E-state index in [0.29, 0.717) is 13.2 Å². The zero-order chi connectivity index (χ0) is 22.8. The molecular weight excluding hydrogens is 390 g/mol. The molecule has 2 aliphatic carbocycles. The van der Waals surface area contributed by atoms with E-state index in [0.717, 1.165) is 41.9 Å². The molecule has 5 nitrogen and oxygen atoms in total. The molecule has 1 aromatic carbocycles.